The van der Waals surface area contributed by atoms with Gasteiger partial charge in [0, 0.05) is 49.5 Å². The monoisotopic (exact) mass is 438 g/mol. The molecular weight excluding hydrogens is 424 g/mol. The van der Waals surface area contributed by atoms with Crippen LogP contribution in [0.1, 0.15) is 29.3 Å². The Morgan fingerprint density at radius 2 is 2.14 bits per heavy atom. The molecule has 0 N–H and O–H groups in total. The average molecular weight is 439 g/mol. The first-order chi connectivity index (χ1) is 13.6. The fraction of sp³-hybridized carbons (Fsp3) is 0.222. The third kappa shape index (κ3) is 2.68. The molecule has 10 heteroatoms. The number of hydrogen-bond acceptors (Lipinski definition) is 6. The fourth-order valence-electron chi connectivity index (χ4n) is 3.48. The number of pyridine rings is 1. The van der Waals surface area contributed by atoms with Gasteiger partial charge in [-0.25, -0.2) is 9.50 Å². The molecule has 9 nitrogen and oxygen atoms in total. The molecule has 4 aromatic heterocycles. The molecule has 0 bridgehead atoms. The SMILES string of the molecule is CC1c2nnc(-c3cccnc3)n2CCN1C(=O)c1cc2ncc(Br)cn2n1. The summed E-state index contributed by atoms with van der Waals surface area (Å²) in [5.74, 6) is 1.37. The minimum absolute atomic E-state index is 0.147. The van der Waals surface area contributed by atoms with Gasteiger partial charge < -0.3 is 9.47 Å². The molecule has 5 heterocycles. The Balaban J connectivity index is 1.46. The standard InChI is InChI=1S/C18H15BrN8O/c1-11-16-22-23-17(12-3-2-4-20-8-12)26(16)6-5-25(11)18(28)14-7-15-21-9-13(19)10-27(15)24-14/h2-4,7-11H,5-6H2,1H3. The number of aromatic nitrogens is 7. The lowest BCUT2D eigenvalue weighted by atomic mass is 10.1. The van der Waals surface area contributed by atoms with Crippen LogP contribution < -0.4 is 0 Å². The predicted octanol–water partition coefficient (Wildman–Crippen LogP) is 2.36. The van der Waals surface area contributed by atoms with E-state index in [1.54, 1.807) is 40.3 Å². The Hall–Kier alpha value is -3.14. The smallest absolute Gasteiger partial charge is 0.275 e. The largest absolute Gasteiger partial charge is 0.325 e. The molecule has 140 valence electrons. The van der Waals surface area contributed by atoms with Crippen LogP contribution in [0.5, 0.6) is 0 Å². The lowest BCUT2D eigenvalue weighted by Gasteiger charge is -2.33. The van der Waals surface area contributed by atoms with Gasteiger partial charge in [-0.2, -0.15) is 5.10 Å². The number of carbonyl (C=O) groups is 1. The van der Waals surface area contributed by atoms with E-state index in [9.17, 15) is 4.79 Å². The zero-order valence-corrected chi connectivity index (χ0v) is 16.5. The van der Waals surface area contributed by atoms with Gasteiger partial charge in [-0.15, -0.1) is 10.2 Å². The van der Waals surface area contributed by atoms with Gasteiger partial charge >= 0.3 is 0 Å². The van der Waals surface area contributed by atoms with E-state index in [0.29, 0.717) is 24.4 Å². The second-order valence-electron chi connectivity index (χ2n) is 6.55. The van der Waals surface area contributed by atoms with Crippen LogP contribution in [-0.2, 0) is 6.54 Å². The number of carbonyl (C=O) groups excluding carboxylic acids is 1. The van der Waals surface area contributed by atoms with E-state index < -0.39 is 0 Å². The van der Waals surface area contributed by atoms with Crippen LogP contribution in [0.2, 0.25) is 0 Å². The van der Waals surface area contributed by atoms with E-state index in [0.717, 1.165) is 21.7 Å². The maximum atomic E-state index is 13.1. The Morgan fingerprint density at radius 3 is 2.96 bits per heavy atom. The average Bonchev–Trinajstić information content (AvgIpc) is 3.32. The molecule has 1 aliphatic heterocycles. The molecule has 0 aliphatic carbocycles. The molecule has 1 unspecified atom stereocenters. The van der Waals surface area contributed by atoms with Crippen molar-refractivity contribution in [3.63, 3.8) is 0 Å². The van der Waals surface area contributed by atoms with Crippen molar-refractivity contribution >= 4 is 27.5 Å². The quantitative estimate of drug-likeness (QED) is 0.476. The summed E-state index contributed by atoms with van der Waals surface area (Å²) in [6.07, 6.45) is 6.94. The van der Waals surface area contributed by atoms with Gasteiger partial charge in [0.25, 0.3) is 5.91 Å². The summed E-state index contributed by atoms with van der Waals surface area (Å²) < 4.78 is 4.44. The van der Waals surface area contributed by atoms with Crippen LogP contribution in [0.25, 0.3) is 17.0 Å². The minimum Gasteiger partial charge on any atom is -0.325 e. The van der Waals surface area contributed by atoms with Crippen molar-refractivity contribution in [1.82, 2.24) is 39.2 Å². The molecule has 0 fully saturated rings. The van der Waals surface area contributed by atoms with E-state index in [4.69, 9.17) is 0 Å². The van der Waals surface area contributed by atoms with Crippen LogP contribution in [0.4, 0.5) is 0 Å². The highest BCUT2D eigenvalue weighted by atomic mass is 79.9. The second kappa shape index (κ2) is 6.48. The van der Waals surface area contributed by atoms with Crippen LogP contribution in [0, 0.1) is 0 Å². The zero-order chi connectivity index (χ0) is 19.3. The first kappa shape index (κ1) is 17.0. The van der Waals surface area contributed by atoms with Crippen LogP contribution in [0.3, 0.4) is 0 Å². The summed E-state index contributed by atoms with van der Waals surface area (Å²) in [6, 6.07) is 5.30. The van der Waals surface area contributed by atoms with Crippen LogP contribution in [-0.4, -0.2) is 51.7 Å². The second-order valence-corrected chi connectivity index (χ2v) is 7.47. The van der Waals surface area contributed by atoms with Crippen molar-refractivity contribution in [3.05, 3.63) is 59.0 Å². The normalized spacial score (nSPS) is 16.4. The molecule has 1 amide bonds. The molecule has 0 saturated carbocycles. The first-order valence-corrected chi connectivity index (χ1v) is 9.56. The van der Waals surface area contributed by atoms with Gasteiger partial charge in [-0.05, 0) is 35.0 Å². The molecule has 0 saturated heterocycles. The minimum atomic E-state index is -0.219. The van der Waals surface area contributed by atoms with Gasteiger partial charge in [0.2, 0.25) is 0 Å². The van der Waals surface area contributed by atoms with Crippen molar-refractivity contribution in [2.24, 2.45) is 0 Å². The molecule has 0 spiro atoms. The summed E-state index contributed by atoms with van der Waals surface area (Å²) in [5, 5.41) is 13.0. The first-order valence-electron chi connectivity index (χ1n) is 8.77. The number of nitrogens with zero attached hydrogens (tertiary/aromatic N) is 8. The lowest BCUT2D eigenvalue weighted by Crippen LogP contribution is -2.41. The maximum Gasteiger partial charge on any atom is 0.275 e. The number of halogens is 1. The predicted molar refractivity (Wildman–Crippen MR) is 103 cm³/mol. The zero-order valence-electron chi connectivity index (χ0n) is 14.9. The van der Waals surface area contributed by atoms with Crippen molar-refractivity contribution in [3.8, 4) is 11.4 Å². The van der Waals surface area contributed by atoms with E-state index >= 15 is 0 Å². The van der Waals surface area contributed by atoms with Gasteiger partial charge in [0.1, 0.15) is 0 Å². The molecular formula is C18H15BrN8O. The lowest BCUT2D eigenvalue weighted by molar-refractivity contribution is 0.0632. The third-order valence-corrected chi connectivity index (χ3v) is 5.28. The van der Waals surface area contributed by atoms with Crippen LogP contribution >= 0.6 is 15.9 Å². The van der Waals surface area contributed by atoms with Crippen molar-refractivity contribution < 1.29 is 4.79 Å². The highest BCUT2D eigenvalue weighted by molar-refractivity contribution is 9.10. The molecule has 1 atom stereocenters. The van der Waals surface area contributed by atoms with E-state index in [2.05, 4.69) is 41.2 Å². The molecule has 0 radical (unpaired) electrons. The Kier molecular flexibility index (Phi) is 3.93. The number of amides is 1. The van der Waals surface area contributed by atoms with E-state index in [1.807, 2.05) is 23.6 Å². The number of fused-ring (bicyclic) bond motifs is 2. The molecule has 5 rings (SSSR count). The van der Waals surface area contributed by atoms with Crippen molar-refractivity contribution in [2.75, 3.05) is 6.54 Å². The molecule has 1 aliphatic rings. The topological polar surface area (TPSA) is 94.1 Å². The van der Waals surface area contributed by atoms with Gasteiger partial charge in [-0.3, -0.25) is 9.78 Å². The van der Waals surface area contributed by atoms with Gasteiger partial charge in [0.05, 0.1) is 10.5 Å². The number of hydrogen-bond donors (Lipinski definition) is 0. The van der Waals surface area contributed by atoms with Crippen molar-refractivity contribution in [1.29, 1.82) is 0 Å². The summed E-state index contributed by atoms with van der Waals surface area (Å²) >= 11 is 3.36. The summed E-state index contributed by atoms with van der Waals surface area (Å²) in [5.41, 5.74) is 1.89. The summed E-state index contributed by atoms with van der Waals surface area (Å²) in [6.45, 7) is 3.11. The third-order valence-electron chi connectivity index (χ3n) is 4.87. The Bertz CT molecular complexity index is 1180. The highest BCUT2D eigenvalue weighted by Crippen LogP contribution is 2.29. The van der Waals surface area contributed by atoms with E-state index in [1.165, 1.54) is 0 Å². The molecule has 0 aromatic carbocycles. The van der Waals surface area contributed by atoms with Crippen LogP contribution in [0.15, 0.2) is 47.5 Å². The molecule has 4 aromatic rings. The molecule has 28 heavy (non-hydrogen) atoms. The summed E-state index contributed by atoms with van der Waals surface area (Å²) in [4.78, 5) is 23.3. The summed E-state index contributed by atoms with van der Waals surface area (Å²) in [7, 11) is 0. The fourth-order valence-corrected chi connectivity index (χ4v) is 3.77. The maximum absolute atomic E-state index is 13.1. The number of rotatable bonds is 2. The van der Waals surface area contributed by atoms with Crippen molar-refractivity contribution in [2.45, 2.75) is 19.5 Å². The Morgan fingerprint density at radius 1 is 1.25 bits per heavy atom. The van der Waals surface area contributed by atoms with Gasteiger partial charge in [0.15, 0.2) is 23.0 Å². The van der Waals surface area contributed by atoms with E-state index in [-0.39, 0.29) is 11.9 Å². The highest BCUT2D eigenvalue weighted by Gasteiger charge is 2.33. The van der Waals surface area contributed by atoms with Gasteiger partial charge in [-0.1, -0.05) is 0 Å². The Labute approximate surface area is 168 Å².